The van der Waals surface area contributed by atoms with Gasteiger partial charge in [0.15, 0.2) is 5.58 Å². The molecule has 0 N–H and O–H groups in total. The molecule has 0 spiro atoms. The molecule has 0 bridgehead atoms. The van der Waals surface area contributed by atoms with Gasteiger partial charge in [-0.25, -0.2) is 4.98 Å². The molecule has 0 fully saturated rings. The number of oxazole rings is 1. The number of aliphatic imine (C=N–C) groups is 1. The SMILES string of the molecule is COc1cc([N+](=O)[O-])cc(C=Nc2ccc(Cl)c(-c3nc4ccc(C)cc4o3)c2)c1[O-]. The van der Waals surface area contributed by atoms with Crippen LogP contribution in [-0.4, -0.2) is 23.2 Å². The minimum atomic E-state index is -0.603. The van der Waals surface area contributed by atoms with Crippen LogP contribution >= 0.6 is 11.6 Å². The Morgan fingerprint density at radius 3 is 2.74 bits per heavy atom. The number of ether oxygens (including phenoxy) is 1. The van der Waals surface area contributed by atoms with Crippen molar-refractivity contribution in [3.63, 3.8) is 0 Å². The van der Waals surface area contributed by atoms with Crippen LogP contribution in [0.3, 0.4) is 0 Å². The molecular formula is C22H15ClN3O5-. The molecular weight excluding hydrogens is 422 g/mol. The van der Waals surface area contributed by atoms with Crippen molar-refractivity contribution in [2.75, 3.05) is 7.11 Å². The third kappa shape index (κ3) is 4.06. The largest absolute Gasteiger partial charge is 0.870 e. The lowest BCUT2D eigenvalue weighted by atomic mass is 10.1. The Kier molecular flexibility index (Phi) is 5.31. The number of hydrogen-bond acceptors (Lipinski definition) is 7. The average Bonchev–Trinajstić information content (AvgIpc) is 3.16. The van der Waals surface area contributed by atoms with Crippen LogP contribution in [-0.2, 0) is 0 Å². The lowest BCUT2D eigenvalue weighted by Crippen LogP contribution is -2.02. The zero-order valence-corrected chi connectivity index (χ0v) is 17.2. The summed E-state index contributed by atoms with van der Waals surface area (Å²) >= 11 is 6.33. The van der Waals surface area contributed by atoms with Crippen molar-refractivity contribution in [3.05, 3.63) is 74.8 Å². The number of halogens is 1. The lowest BCUT2D eigenvalue weighted by Gasteiger charge is -2.14. The first-order valence-electron chi connectivity index (χ1n) is 9.10. The van der Waals surface area contributed by atoms with Crippen LogP contribution in [0.1, 0.15) is 11.1 Å². The first-order chi connectivity index (χ1) is 14.9. The number of non-ortho nitro benzene ring substituents is 1. The van der Waals surface area contributed by atoms with Crippen molar-refractivity contribution in [2.45, 2.75) is 6.92 Å². The first-order valence-corrected chi connectivity index (χ1v) is 9.48. The van der Waals surface area contributed by atoms with Gasteiger partial charge in [0.1, 0.15) is 11.3 Å². The van der Waals surface area contributed by atoms with Crippen molar-refractivity contribution >= 4 is 40.3 Å². The van der Waals surface area contributed by atoms with Crippen LogP contribution in [0.15, 0.2) is 57.9 Å². The van der Waals surface area contributed by atoms with Crippen LogP contribution < -0.4 is 9.84 Å². The predicted molar refractivity (Wildman–Crippen MR) is 116 cm³/mol. The Bertz CT molecular complexity index is 1350. The van der Waals surface area contributed by atoms with Crippen LogP contribution in [0.2, 0.25) is 5.02 Å². The van der Waals surface area contributed by atoms with Gasteiger partial charge in [0, 0.05) is 12.3 Å². The molecule has 31 heavy (non-hydrogen) atoms. The third-order valence-electron chi connectivity index (χ3n) is 4.58. The average molecular weight is 437 g/mol. The fourth-order valence-corrected chi connectivity index (χ4v) is 3.21. The van der Waals surface area contributed by atoms with Crippen LogP contribution in [0.25, 0.3) is 22.6 Å². The zero-order valence-electron chi connectivity index (χ0n) is 16.5. The summed E-state index contributed by atoms with van der Waals surface area (Å²) in [5.41, 5.74) is 3.13. The highest BCUT2D eigenvalue weighted by molar-refractivity contribution is 6.33. The van der Waals surface area contributed by atoms with Gasteiger partial charge in [-0.05, 0) is 48.4 Å². The topological polar surface area (TPSA) is 114 Å². The number of benzene rings is 3. The predicted octanol–water partition coefficient (Wildman–Crippen LogP) is 5.20. The molecule has 0 saturated heterocycles. The molecule has 0 aliphatic heterocycles. The van der Waals surface area contributed by atoms with E-state index in [2.05, 4.69) is 9.98 Å². The van der Waals surface area contributed by atoms with E-state index in [9.17, 15) is 15.2 Å². The Morgan fingerprint density at radius 2 is 2.00 bits per heavy atom. The second kappa shape index (κ2) is 8.08. The molecule has 4 aromatic rings. The highest BCUT2D eigenvalue weighted by Crippen LogP contribution is 2.34. The van der Waals surface area contributed by atoms with Gasteiger partial charge in [-0.3, -0.25) is 15.1 Å². The van der Waals surface area contributed by atoms with Gasteiger partial charge in [-0.15, -0.1) is 0 Å². The molecule has 1 heterocycles. The molecule has 1 aromatic heterocycles. The van der Waals surface area contributed by atoms with Crippen molar-refractivity contribution < 1.29 is 19.2 Å². The monoisotopic (exact) mass is 436 g/mol. The number of methoxy groups -OCH3 is 1. The van der Waals surface area contributed by atoms with E-state index in [0.29, 0.717) is 33.3 Å². The fraction of sp³-hybridized carbons (Fsp3) is 0.0909. The Morgan fingerprint density at radius 1 is 1.19 bits per heavy atom. The van der Waals surface area contributed by atoms with Gasteiger partial charge in [0.2, 0.25) is 5.89 Å². The van der Waals surface area contributed by atoms with E-state index >= 15 is 0 Å². The Balaban J connectivity index is 1.73. The molecule has 8 nitrogen and oxygen atoms in total. The molecule has 0 unspecified atom stereocenters. The molecule has 3 aromatic carbocycles. The summed E-state index contributed by atoms with van der Waals surface area (Å²) < 4.78 is 10.8. The van der Waals surface area contributed by atoms with E-state index in [0.717, 1.165) is 17.7 Å². The Hall–Kier alpha value is -3.91. The van der Waals surface area contributed by atoms with Crippen molar-refractivity contribution in [1.82, 2.24) is 4.98 Å². The summed E-state index contributed by atoms with van der Waals surface area (Å²) in [4.78, 5) is 19.3. The number of rotatable bonds is 5. The summed E-state index contributed by atoms with van der Waals surface area (Å²) in [5, 5.41) is 23.9. The second-order valence-corrected chi connectivity index (χ2v) is 7.14. The minimum Gasteiger partial charge on any atom is -0.870 e. The molecule has 0 radical (unpaired) electrons. The zero-order chi connectivity index (χ0) is 22.1. The standard InChI is InChI=1S/C22H16ClN3O5/c1-12-3-6-18-19(7-12)31-22(25-18)16-9-14(4-5-17(16)23)24-11-13-8-15(26(28)29)10-20(30-2)21(13)27/h3-11,27H,1-2H3/p-1. The number of nitrogens with zero attached hydrogens (tertiary/aromatic N) is 3. The van der Waals surface area contributed by atoms with E-state index in [1.807, 2.05) is 25.1 Å². The summed E-state index contributed by atoms with van der Waals surface area (Å²) in [6.45, 7) is 1.96. The maximum atomic E-state index is 12.4. The molecule has 156 valence electrons. The number of aryl methyl sites for hydroxylation is 1. The second-order valence-electron chi connectivity index (χ2n) is 6.74. The summed E-state index contributed by atoms with van der Waals surface area (Å²) in [5.74, 6) is -0.293. The van der Waals surface area contributed by atoms with Crippen LogP contribution in [0.4, 0.5) is 11.4 Å². The molecule has 0 amide bonds. The number of nitro groups is 1. The Labute approximate surface area is 181 Å². The van der Waals surface area contributed by atoms with E-state index in [-0.39, 0.29) is 17.0 Å². The van der Waals surface area contributed by atoms with Crippen molar-refractivity contribution in [2.24, 2.45) is 4.99 Å². The third-order valence-corrected chi connectivity index (χ3v) is 4.91. The van der Waals surface area contributed by atoms with E-state index in [1.165, 1.54) is 13.3 Å². The van der Waals surface area contributed by atoms with E-state index in [1.54, 1.807) is 18.2 Å². The molecule has 0 atom stereocenters. The summed E-state index contributed by atoms with van der Waals surface area (Å²) in [6, 6.07) is 12.8. The number of fused-ring (bicyclic) bond motifs is 1. The van der Waals surface area contributed by atoms with Gasteiger partial charge >= 0.3 is 0 Å². The molecule has 0 aliphatic carbocycles. The normalized spacial score (nSPS) is 11.3. The number of aromatic nitrogens is 1. The van der Waals surface area contributed by atoms with Gasteiger partial charge in [0.25, 0.3) is 5.69 Å². The number of nitro benzene ring substituents is 1. The minimum absolute atomic E-state index is 0.0277. The van der Waals surface area contributed by atoms with Crippen LogP contribution in [0.5, 0.6) is 11.5 Å². The van der Waals surface area contributed by atoms with E-state index in [4.69, 9.17) is 20.8 Å². The van der Waals surface area contributed by atoms with Crippen LogP contribution in [0, 0.1) is 17.0 Å². The van der Waals surface area contributed by atoms with Crippen molar-refractivity contribution in [1.29, 1.82) is 0 Å². The fourth-order valence-electron chi connectivity index (χ4n) is 3.01. The molecule has 0 saturated carbocycles. The maximum absolute atomic E-state index is 12.4. The highest BCUT2D eigenvalue weighted by Gasteiger charge is 2.14. The van der Waals surface area contributed by atoms with Gasteiger partial charge < -0.3 is 14.3 Å². The summed E-state index contributed by atoms with van der Waals surface area (Å²) in [6.07, 6.45) is 1.25. The molecule has 4 rings (SSSR count). The molecule has 9 heteroatoms. The smallest absolute Gasteiger partial charge is 0.273 e. The van der Waals surface area contributed by atoms with E-state index < -0.39 is 10.7 Å². The number of hydrogen-bond donors (Lipinski definition) is 0. The van der Waals surface area contributed by atoms with Crippen molar-refractivity contribution in [3.8, 4) is 23.0 Å². The lowest BCUT2D eigenvalue weighted by molar-refractivity contribution is -0.385. The highest BCUT2D eigenvalue weighted by atomic mass is 35.5. The maximum Gasteiger partial charge on any atom is 0.273 e. The van der Waals surface area contributed by atoms with Gasteiger partial charge in [-0.1, -0.05) is 23.4 Å². The summed E-state index contributed by atoms with van der Waals surface area (Å²) in [7, 11) is 1.27. The van der Waals surface area contributed by atoms with Gasteiger partial charge in [0.05, 0.1) is 34.4 Å². The first kappa shape index (κ1) is 20.4. The quantitative estimate of drug-likeness (QED) is 0.241. The van der Waals surface area contributed by atoms with Gasteiger partial charge in [-0.2, -0.15) is 0 Å². The molecule has 0 aliphatic rings.